The quantitative estimate of drug-likeness (QED) is 0.851. The zero-order valence-corrected chi connectivity index (χ0v) is 16.3. The number of hydrogen-bond acceptors (Lipinski definition) is 6. The molecule has 0 spiro atoms. The molecule has 2 aromatic heterocycles. The van der Waals surface area contributed by atoms with Crippen LogP contribution in [0, 0.1) is 6.92 Å². The van der Waals surface area contributed by atoms with Crippen molar-refractivity contribution < 1.29 is 13.9 Å². The molecule has 1 unspecified atom stereocenters. The third kappa shape index (κ3) is 3.99. The maximum absolute atomic E-state index is 12.5. The van der Waals surface area contributed by atoms with Gasteiger partial charge in [0, 0.05) is 24.4 Å². The van der Waals surface area contributed by atoms with Crippen LogP contribution in [0.25, 0.3) is 0 Å². The molecule has 1 aliphatic carbocycles. The van der Waals surface area contributed by atoms with Crippen LogP contribution in [-0.4, -0.2) is 24.0 Å². The van der Waals surface area contributed by atoms with E-state index in [1.54, 1.807) is 24.3 Å². The van der Waals surface area contributed by atoms with Gasteiger partial charge in [-0.3, -0.25) is 4.79 Å². The van der Waals surface area contributed by atoms with Gasteiger partial charge in [0.1, 0.15) is 17.4 Å². The summed E-state index contributed by atoms with van der Waals surface area (Å²) in [6, 6.07) is 1.75. The first-order valence-corrected chi connectivity index (χ1v) is 10.5. The van der Waals surface area contributed by atoms with Gasteiger partial charge in [-0.2, -0.15) is 0 Å². The molecule has 6 nitrogen and oxygen atoms in total. The van der Waals surface area contributed by atoms with Crippen molar-refractivity contribution in [1.82, 2.24) is 10.3 Å². The van der Waals surface area contributed by atoms with Crippen LogP contribution >= 0.6 is 11.3 Å². The van der Waals surface area contributed by atoms with Gasteiger partial charge in [-0.25, -0.2) is 9.78 Å². The Bertz CT molecular complexity index is 872. The van der Waals surface area contributed by atoms with Crippen molar-refractivity contribution in [2.24, 2.45) is 0 Å². The van der Waals surface area contributed by atoms with Gasteiger partial charge in [0.05, 0.1) is 10.7 Å². The number of carbonyl (C=O) groups excluding carboxylic acids is 1. The first-order chi connectivity index (χ1) is 13.1. The van der Waals surface area contributed by atoms with Gasteiger partial charge < -0.3 is 14.5 Å². The second kappa shape index (κ2) is 7.94. The summed E-state index contributed by atoms with van der Waals surface area (Å²) in [6.07, 6.45) is 6.94. The van der Waals surface area contributed by atoms with E-state index in [2.05, 4.69) is 10.3 Å². The van der Waals surface area contributed by atoms with Gasteiger partial charge in [-0.05, 0) is 57.1 Å². The molecular formula is C20H24N2O4S. The van der Waals surface area contributed by atoms with Crippen molar-refractivity contribution in [3.05, 3.63) is 49.0 Å². The van der Waals surface area contributed by atoms with Gasteiger partial charge in [0.2, 0.25) is 0 Å². The monoisotopic (exact) mass is 388 g/mol. The van der Waals surface area contributed by atoms with Crippen LogP contribution in [0.5, 0.6) is 0 Å². The average Bonchev–Trinajstić information content (AvgIpc) is 3.30. The molecule has 0 radical (unpaired) electrons. The van der Waals surface area contributed by atoms with E-state index in [9.17, 15) is 9.59 Å². The minimum absolute atomic E-state index is 0.0789. The molecule has 1 amide bonds. The molecule has 144 valence electrons. The van der Waals surface area contributed by atoms with Crippen LogP contribution in [0.4, 0.5) is 0 Å². The third-order valence-electron chi connectivity index (χ3n) is 5.16. The standard InChI is InChI=1S/C20H24N2O4S/c1-12-11-15(14-6-4-10-25-14)26-20(24)18(12)19(23)21-9-8-17-22-13-5-2-3-7-16(13)27-17/h11,14H,2-10H2,1H3,(H,21,23). The number of rotatable bonds is 5. The van der Waals surface area contributed by atoms with Gasteiger partial charge in [-0.15, -0.1) is 11.3 Å². The van der Waals surface area contributed by atoms with E-state index in [1.807, 2.05) is 0 Å². The largest absolute Gasteiger partial charge is 0.424 e. The van der Waals surface area contributed by atoms with Crippen LogP contribution < -0.4 is 10.9 Å². The molecule has 4 rings (SSSR count). The Morgan fingerprint density at radius 3 is 2.93 bits per heavy atom. The maximum Gasteiger partial charge on any atom is 0.349 e. The number of carbonyl (C=O) groups is 1. The average molecular weight is 388 g/mol. The van der Waals surface area contributed by atoms with Crippen LogP contribution in [0.15, 0.2) is 15.3 Å². The topological polar surface area (TPSA) is 81.4 Å². The summed E-state index contributed by atoms with van der Waals surface area (Å²) in [7, 11) is 0. The highest BCUT2D eigenvalue weighted by atomic mass is 32.1. The summed E-state index contributed by atoms with van der Waals surface area (Å²) in [5, 5.41) is 3.89. The Labute approximate surface area is 162 Å². The fraction of sp³-hybridized carbons (Fsp3) is 0.550. The van der Waals surface area contributed by atoms with E-state index in [0.29, 0.717) is 30.9 Å². The van der Waals surface area contributed by atoms with Gasteiger partial charge in [-0.1, -0.05) is 0 Å². The molecule has 1 atom stereocenters. The Morgan fingerprint density at radius 2 is 2.19 bits per heavy atom. The third-order valence-corrected chi connectivity index (χ3v) is 6.37. The van der Waals surface area contributed by atoms with Gasteiger partial charge in [0.15, 0.2) is 0 Å². The highest BCUT2D eigenvalue weighted by molar-refractivity contribution is 7.11. The summed E-state index contributed by atoms with van der Waals surface area (Å²) in [5.41, 5.74) is 1.34. The second-order valence-corrected chi connectivity index (χ2v) is 8.35. The van der Waals surface area contributed by atoms with Crippen molar-refractivity contribution in [1.29, 1.82) is 0 Å². The molecule has 1 N–H and O–H groups in total. The molecule has 0 saturated carbocycles. The van der Waals surface area contributed by atoms with Crippen molar-refractivity contribution in [3.63, 3.8) is 0 Å². The summed E-state index contributed by atoms with van der Waals surface area (Å²) in [4.78, 5) is 30.9. The molecule has 0 bridgehead atoms. The summed E-state index contributed by atoms with van der Waals surface area (Å²) < 4.78 is 10.9. The molecule has 27 heavy (non-hydrogen) atoms. The van der Waals surface area contributed by atoms with Crippen LogP contribution in [-0.2, 0) is 24.0 Å². The number of aryl methyl sites for hydroxylation is 3. The van der Waals surface area contributed by atoms with E-state index in [0.717, 1.165) is 30.7 Å². The SMILES string of the molecule is Cc1cc(C2CCCO2)oc(=O)c1C(=O)NCCc1nc2c(s1)CCCC2. The molecule has 1 aliphatic heterocycles. The first kappa shape index (κ1) is 18.4. The lowest BCUT2D eigenvalue weighted by Crippen LogP contribution is -2.31. The van der Waals surface area contributed by atoms with Crippen LogP contribution in [0.2, 0.25) is 0 Å². The molecule has 2 aromatic rings. The van der Waals surface area contributed by atoms with Crippen molar-refractivity contribution >= 4 is 17.2 Å². The molecule has 3 heterocycles. The number of ether oxygens (including phenoxy) is 1. The molecule has 1 fully saturated rings. The first-order valence-electron chi connectivity index (χ1n) is 9.63. The highest BCUT2D eigenvalue weighted by Crippen LogP contribution is 2.29. The number of nitrogens with zero attached hydrogens (tertiary/aromatic N) is 1. The zero-order chi connectivity index (χ0) is 18.8. The van der Waals surface area contributed by atoms with Crippen molar-refractivity contribution in [2.45, 2.75) is 58.0 Å². The Balaban J connectivity index is 1.39. The molecule has 0 aromatic carbocycles. The Hall–Kier alpha value is -1.99. The summed E-state index contributed by atoms with van der Waals surface area (Å²) in [6.45, 7) is 2.90. The van der Waals surface area contributed by atoms with E-state index in [1.165, 1.54) is 23.4 Å². The summed E-state index contributed by atoms with van der Waals surface area (Å²) >= 11 is 1.75. The minimum Gasteiger partial charge on any atom is -0.424 e. The summed E-state index contributed by atoms with van der Waals surface area (Å²) in [5.74, 6) is 0.126. The van der Waals surface area contributed by atoms with Crippen LogP contribution in [0.1, 0.15) is 69.0 Å². The van der Waals surface area contributed by atoms with Crippen molar-refractivity contribution in [2.75, 3.05) is 13.2 Å². The van der Waals surface area contributed by atoms with E-state index in [4.69, 9.17) is 9.15 Å². The molecule has 2 aliphatic rings. The Morgan fingerprint density at radius 1 is 1.33 bits per heavy atom. The number of nitrogens with one attached hydrogen (secondary N) is 1. The number of amides is 1. The van der Waals surface area contributed by atoms with Gasteiger partial charge in [0.25, 0.3) is 5.91 Å². The minimum atomic E-state index is -0.595. The molecule has 1 saturated heterocycles. The van der Waals surface area contributed by atoms with Crippen molar-refractivity contribution in [3.8, 4) is 0 Å². The highest BCUT2D eigenvalue weighted by Gasteiger charge is 2.24. The number of aromatic nitrogens is 1. The maximum atomic E-state index is 12.5. The zero-order valence-electron chi connectivity index (χ0n) is 15.5. The lowest BCUT2D eigenvalue weighted by Gasteiger charge is -2.11. The number of fused-ring (bicyclic) bond motifs is 1. The van der Waals surface area contributed by atoms with Gasteiger partial charge >= 0.3 is 5.63 Å². The fourth-order valence-electron chi connectivity index (χ4n) is 3.75. The second-order valence-electron chi connectivity index (χ2n) is 7.19. The number of thiazole rings is 1. The Kier molecular flexibility index (Phi) is 5.41. The molecular weight excluding hydrogens is 364 g/mol. The molecule has 7 heteroatoms. The number of hydrogen-bond donors (Lipinski definition) is 1. The normalized spacial score (nSPS) is 19.1. The van der Waals surface area contributed by atoms with E-state index < -0.39 is 5.63 Å². The smallest absolute Gasteiger partial charge is 0.349 e. The predicted octanol–water partition coefficient (Wildman–Crippen LogP) is 3.11. The fourth-order valence-corrected chi connectivity index (χ4v) is 4.91. The lowest BCUT2D eigenvalue weighted by molar-refractivity contribution is 0.0883. The lowest BCUT2D eigenvalue weighted by atomic mass is 10.0. The predicted molar refractivity (Wildman–Crippen MR) is 102 cm³/mol. The van der Waals surface area contributed by atoms with E-state index in [-0.39, 0.29) is 17.6 Å². The van der Waals surface area contributed by atoms with Crippen LogP contribution in [0.3, 0.4) is 0 Å². The van der Waals surface area contributed by atoms with E-state index >= 15 is 0 Å².